The van der Waals surface area contributed by atoms with Gasteiger partial charge in [-0.15, -0.1) is 6.42 Å². The predicted octanol–water partition coefficient (Wildman–Crippen LogP) is 11.8. The van der Waals surface area contributed by atoms with Crippen LogP contribution < -0.4 is 9.80 Å². The predicted molar refractivity (Wildman–Crippen MR) is 277 cm³/mol. The molecule has 0 aliphatic carbocycles. The van der Waals surface area contributed by atoms with Crippen LogP contribution in [0.15, 0.2) is 108 Å². The molecule has 4 amide bonds. The van der Waals surface area contributed by atoms with Crippen LogP contribution >= 0.6 is 46.4 Å². The fraction of sp³-hybridized carbons (Fsp3) is 0.245. The van der Waals surface area contributed by atoms with E-state index in [1.807, 2.05) is 26.0 Å². The molecule has 2 aliphatic rings. The molecule has 15 nitrogen and oxygen atoms in total. The number of oxime groups is 2. The second-order valence-electron chi connectivity index (χ2n) is 17.6. The lowest BCUT2D eigenvalue weighted by Crippen LogP contribution is -2.41. The quantitative estimate of drug-likeness (QED) is 0.126. The number of nitrogens with zero attached hydrogens (tertiary/aromatic N) is 8. The molecule has 4 heterocycles. The summed E-state index contributed by atoms with van der Waals surface area (Å²) in [4.78, 5) is 82.3. The third-order valence-electron chi connectivity index (χ3n) is 11.7. The average Bonchev–Trinajstić information content (AvgIpc) is 3.96. The van der Waals surface area contributed by atoms with Gasteiger partial charge in [0, 0.05) is 73.5 Å². The molecule has 2 unspecified atom stereocenters. The summed E-state index contributed by atoms with van der Waals surface area (Å²) in [6.07, 6.45) is 11.1. The third-order valence-corrected chi connectivity index (χ3v) is 12.6. The largest absolute Gasteiger partial charge is 0.452 e. The standard InChI is InChI=1S/C28H24Cl2N4O3.C25H22Cl2N4O4/c1-6-18-14-31-27(32-15-18)34(25(35)16(2)3)26(36)23-8-7-19(9-17(23)4)24-13-28(5,37-33-24)20-10-21(29)12-22(30)11-20;1-14-7-16(21-11-25(3,35-30-21)17-8-18(26)10-19(27)9-17)5-6-20(14)23(32)31(24(33)34-4)22-13-28-15(2)12-29-22/h1,7-12,14-16H,13H2,2-5H3;5-10,12-13H,11H2,1-4H3. The molecule has 19 heteroatoms. The number of amides is 4. The highest BCUT2D eigenvalue weighted by atomic mass is 35.5. The molecule has 368 valence electrons. The van der Waals surface area contributed by atoms with Crippen molar-refractivity contribution >= 4 is 93.4 Å². The van der Waals surface area contributed by atoms with E-state index in [1.165, 1.54) is 31.9 Å². The lowest BCUT2D eigenvalue weighted by atomic mass is 9.88. The molecule has 0 saturated heterocycles. The summed E-state index contributed by atoms with van der Waals surface area (Å²) < 4.78 is 4.81. The number of rotatable bonds is 9. The molecule has 6 aromatic rings. The van der Waals surface area contributed by atoms with Crippen LogP contribution in [-0.2, 0) is 30.4 Å². The molecular weight excluding hydrogens is 1000 g/mol. The maximum Gasteiger partial charge on any atom is 0.422 e. The number of halogens is 4. The molecule has 0 spiro atoms. The van der Waals surface area contributed by atoms with E-state index >= 15 is 0 Å². The SMILES string of the molecule is C#Cc1cnc(N(C(=O)c2ccc(C3=NOC(C)(c4cc(Cl)cc(Cl)c4)C3)cc2C)C(=O)C(C)C)nc1.COC(=O)N(C(=O)c1ccc(C2=NOC(C)(c3cc(Cl)cc(Cl)c3)C2)cc1C)c1cnc(C)cn1. The summed E-state index contributed by atoms with van der Waals surface area (Å²) in [7, 11) is 1.20. The van der Waals surface area contributed by atoms with Crippen LogP contribution in [-0.4, -0.2) is 62.3 Å². The first kappa shape index (κ1) is 52.6. The summed E-state index contributed by atoms with van der Waals surface area (Å²) in [5.74, 6) is 0.469. The second kappa shape index (κ2) is 21.6. The number of aryl methyl sites for hydroxylation is 3. The van der Waals surface area contributed by atoms with Crippen LogP contribution in [0.2, 0.25) is 20.1 Å². The Morgan fingerprint density at radius 1 is 0.653 bits per heavy atom. The molecule has 2 aromatic heterocycles. The fourth-order valence-corrected chi connectivity index (χ4v) is 8.81. The van der Waals surface area contributed by atoms with Crippen molar-refractivity contribution in [1.29, 1.82) is 0 Å². The summed E-state index contributed by atoms with van der Waals surface area (Å²) in [5, 5.41) is 10.6. The number of methoxy groups -OCH3 is 1. The Labute approximate surface area is 436 Å². The zero-order valence-electron chi connectivity index (χ0n) is 40.3. The first-order valence-electron chi connectivity index (χ1n) is 22.2. The highest BCUT2D eigenvalue weighted by Crippen LogP contribution is 2.40. The van der Waals surface area contributed by atoms with Gasteiger partial charge in [0.25, 0.3) is 11.8 Å². The molecule has 2 aliphatic heterocycles. The van der Waals surface area contributed by atoms with Crippen LogP contribution in [0, 0.1) is 39.0 Å². The fourth-order valence-electron chi connectivity index (χ4n) is 7.76. The van der Waals surface area contributed by atoms with Crippen molar-refractivity contribution < 1.29 is 33.6 Å². The van der Waals surface area contributed by atoms with Gasteiger partial charge in [0.15, 0.2) is 17.0 Å². The van der Waals surface area contributed by atoms with Crippen molar-refractivity contribution in [3.63, 3.8) is 0 Å². The molecule has 2 atom stereocenters. The van der Waals surface area contributed by atoms with Crippen molar-refractivity contribution in [3.8, 4) is 12.3 Å². The Bertz CT molecular complexity index is 3190. The molecule has 4 aromatic carbocycles. The summed E-state index contributed by atoms with van der Waals surface area (Å²) in [6, 6.07) is 21.0. The van der Waals surface area contributed by atoms with Crippen molar-refractivity contribution in [2.45, 2.75) is 72.5 Å². The number of hydrogen-bond donors (Lipinski definition) is 0. The molecule has 0 saturated carbocycles. The second-order valence-corrected chi connectivity index (χ2v) is 19.4. The van der Waals surface area contributed by atoms with Crippen molar-refractivity contribution in [3.05, 3.63) is 173 Å². The number of anilines is 2. The lowest BCUT2D eigenvalue weighted by molar-refractivity contribution is -0.120. The van der Waals surface area contributed by atoms with Crippen LogP contribution in [0.5, 0.6) is 0 Å². The molecule has 0 bridgehead atoms. The van der Waals surface area contributed by atoms with Crippen LogP contribution in [0.3, 0.4) is 0 Å². The van der Waals surface area contributed by atoms with E-state index in [1.54, 1.807) is 95.3 Å². The third kappa shape index (κ3) is 11.4. The Balaban J connectivity index is 0.000000212. The number of aromatic nitrogens is 4. The van der Waals surface area contributed by atoms with Gasteiger partial charge in [-0.2, -0.15) is 4.90 Å². The van der Waals surface area contributed by atoms with Gasteiger partial charge in [-0.3, -0.25) is 19.4 Å². The van der Waals surface area contributed by atoms with E-state index in [4.69, 9.17) is 67.2 Å². The Kier molecular flexibility index (Phi) is 15.8. The van der Waals surface area contributed by atoms with Crippen LogP contribution in [0.25, 0.3) is 0 Å². The van der Waals surface area contributed by atoms with Crippen molar-refractivity contribution in [1.82, 2.24) is 19.9 Å². The minimum absolute atomic E-state index is 0.0318. The average molecular weight is 1050 g/mol. The van der Waals surface area contributed by atoms with Crippen LogP contribution in [0.1, 0.15) is 106 Å². The van der Waals surface area contributed by atoms with Gasteiger partial charge < -0.3 is 14.4 Å². The topological polar surface area (TPSA) is 179 Å². The van der Waals surface area contributed by atoms with Gasteiger partial charge >= 0.3 is 6.09 Å². The smallest absolute Gasteiger partial charge is 0.422 e. The van der Waals surface area contributed by atoms with Crippen molar-refractivity contribution in [2.24, 2.45) is 16.2 Å². The molecular formula is C53H46Cl4N8O7. The number of hydrogen-bond acceptors (Lipinski definition) is 13. The minimum atomic E-state index is -0.860. The first-order valence-corrected chi connectivity index (χ1v) is 23.7. The number of benzene rings is 4. The van der Waals surface area contributed by atoms with Crippen LogP contribution in [0.4, 0.5) is 16.6 Å². The Morgan fingerprint density at radius 2 is 1.11 bits per heavy atom. The maximum atomic E-state index is 13.6. The normalized spacial score (nSPS) is 16.8. The Hall–Kier alpha value is -7.22. The van der Waals surface area contributed by atoms with Gasteiger partial charge in [0.1, 0.15) is 0 Å². The van der Waals surface area contributed by atoms with Gasteiger partial charge in [0.05, 0.1) is 42.2 Å². The number of carbonyl (C=O) groups is 4. The van der Waals surface area contributed by atoms with E-state index in [0.29, 0.717) is 77.9 Å². The van der Waals surface area contributed by atoms with E-state index in [9.17, 15) is 19.2 Å². The molecule has 0 fully saturated rings. The van der Waals surface area contributed by atoms with E-state index in [-0.39, 0.29) is 11.8 Å². The zero-order valence-corrected chi connectivity index (χ0v) is 43.3. The number of ether oxygens (including phenoxy) is 1. The summed E-state index contributed by atoms with van der Waals surface area (Å²) >= 11 is 24.7. The first-order chi connectivity index (χ1) is 34.1. The van der Waals surface area contributed by atoms with E-state index in [0.717, 1.165) is 32.1 Å². The van der Waals surface area contributed by atoms with Gasteiger partial charge in [-0.05, 0) is 118 Å². The zero-order chi connectivity index (χ0) is 52.2. The highest BCUT2D eigenvalue weighted by molar-refractivity contribution is 6.35. The monoisotopic (exact) mass is 1050 g/mol. The van der Waals surface area contributed by atoms with E-state index < -0.39 is 40.9 Å². The number of terminal acetylenes is 1. The van der Waals surface area contributed by atoms with Gasteiger partial charge in [-0.1, -0.05) is 88.6 Å². The highest BCUT2D eigenvalue weighted by Gasteiger charge is 2.39. The lowest BCUT2D eigenvalue weighted by Gasteiger charge is -2.22. The summed E-state index contributed by atoms with van der Waals surface area (Å²) in [5.41, 5.74) is 6.19. The molecule has 8 rings (SSSR count). The molecule has 72 heavy (non-hydrogen) atoms. The molecule has 0 N–H and O–H groups in total. The summed E-state index contributed by atoms with van der Waals surface area (Å²) in [6.45, 7) is 12.6. The van der Waals surface area contributed by atoms with E-state index in [2.05, 4.69) is 36.2 Å². The van der Waals surface area contributed by atoms with Crippen molar-refractivity contribution in [2.75, 3.05) is 16.9 Å². The Morgan fingerprint density at radius 3 is 1.50 bits per heavy atom. The minimum Gasteiger partial charge on any atom is -0.452 e. The van der Waals surface area contributed by atoms with Gasteiger partial charge in [-0.25, -0.2) is 24.6 Å². The molecule has 0 radical (unpaired) electrons. The number of carbonyl (C=O) groups excluding carboxylic acids is 4. The van der Waals surface area contributed by atoms with Gasteiger partial charge in [0.2, 0.25) is 11.9 Å². The maximum absolute atomic E-state index is 13.6. The number of imide groups is 2.